The van der Waals surface area contributed by atoms with Gasteiger partial charge in [-0.25, -0.2) is 9.97 Å². The maximum atomic E-state index is 12.9. The minimum absolute atomic E-state index is 0.203. The van der Waals surface area contributed by atoms with Crippen molar-refractivity contribution in [3.63, 3.8) is 0 Å². The van der Waals surface area contributed by atoms with Gasteiger partial charge >= 0.3 is 6.18 Å². The molecule has 0 amide bonds. The van der Waals surface area contributed by atoms with Crippen molar-refractivity contribution in [3.8, 4) is 11.4 Å². The van der Waals surface area contributed by atoms with E-state index in [0.29, 0.717) is 21.6 Å². The molecule has 5 nitrogen and oxygen atoms in total. The van der Waals surface area contributed by atoms with Crippen LogP contribution in [0.3, 0.4) is 0 Å². The van der Waals surface area contributed by atoms with E-state index in [-0.39, 0.29) is 17.8 Å². The zero-order chi connectivity index (χ0) is 15.9. The third-order valence-electron chi connectivity index (χ3n) is 3.27. The molecule has 0 unspecified atom stereocenters. The lowest BCUT2D eigenvalue weighted by atomic mass is 10.1. The summed E-state index contributed by atoms with van der Waals surface area (Å²) in [5.74, 6) is -0.479. The first-order chi connectivity index (χ1) is 10.3. The fourth-order valence-corrected chi connectivity index (χ4v) is 2.86. The highest BCUT2D eigenvalue weighted by Crippen LogP contribution is 2.30. The van der Waals surface area contributed by atoms with Crippen LogP contribution in [-0.2, 0) is 13.0 Å². The summed E-state index contributed by atoms with van der Waals surface area (Å²) in [5, 5.41) is 11.8. The van der Waals surface area contributed by atoms with Crippen LogP contribution in [0.15, 0.2) is 23.3 Å². The van der Waals surface area contributed by atoms with Crippen LogP contribution in [0.1, 0.15) is 11.3 Å². The van der Waals surface area contributed by atoms with Crippen molar-refractivity contribution in [2.24, 2.45) is 4.99 Å². The zero-order valence-electron chi connectivity index (χ0n) is 11.1. The van der Waals surface area contributed by atoms with Gasteiger partial charge in [-0.05, 0) is 18.0 Å². The molecule has 2 aromatic heterocycles. The first kappa shape index (κ1) is 15.3. The zero-order valence-corrected chi connectivity index (χ0v) is 13.2. The van der Waals surface area contributed by atoms with Crippen molar-refractivity contribution >= 4 is 28.5 Å². The molecule has 0 spiro atoms. The van der Waals surface area contributed by atoms with Crippen LogP contribution in [-0.4, -0.2) is 33.2 Å². The second-order valence-electron chi connectivity index (χ2n) is 4.74. The second kappa shape index (κ2) is 5.52. The van der Waals surface area contributed by atoms with Crippen LogP contribution in [0.5, 0.6) is 0 Å². The van der Waals surface area contributed by atoms with Crippen LogP contribution in [0.2, 0.25) is 0 Å². The number of nitrogens with zero attached hydrogens (tertiary/aromatic N) is 4. The second-order valence-corrected chi connectivity index (χ2v) is 5.70. The minimum atomic E-state index is -4.39. The van der Waals surface area contributed by atoms with Crippen molar-refractivity contribution in [2.45, 2.75) is 19.1 Å². The number of fused-ring (bicyclic) bond motifs is 1. The standard InChI is InChI=1S/C13H10F3IN4O/c14-13(15,16)6-21-9-2-4-18-11(22)7(9)5-10(21)8-1-3-19-12(17)20-8/h1,3,5H,2,4,6H2,(H,18,22)/p-1. The van der Waals surface area contributed by atoms with E-state index in [1.165, 1.54) is 18.3 Å². The third-order valence-corrected chi connectivity index (χ3v) is 3.79. The first-order valence-electron chi connectivity index (χ1n) is 6.35. The maximum Gasteiger partial charge on any atom is 0.406 e. The summed E-state index contributed by atoms with van der Waals surface area (Å²) in [6.07, 6.45) is -2.61. The molecule has 22 heavy (non-hydrogen) atoms. The Labute approximate surface area is 137 Å². The molecule has 0 aromatic carbocycles. The topological polar surface area (TPSA) is 66.1 Å². The van der Waals surface area contributed by atoms with Crippen LogP contribution >= 0.6 is 22.6 Å². The maximum absolute atomic E-state index is 12.9. The van der Waals surface area contributed by atoms with Crippen molar-refractivity contribution in [1.82, 2.24) is 14.5 Å². The quantitative estimate of drug-likeness (QED) is 0.549. The molecule has 0 fully saturated rings. The molecule has 0 saturated carbocycles. The van der Waals surface area contributed by atoms with Gasteiger partial charge in [0.05, 0.1) is 11.4 Å². The van der Waals surface area contributed by atoms with Gasteiger partial charge < -0.3 is 14.7 Å². The molecular formula is C13H9F3IN4O-. The molecule has 0 bridgehead atoms. The summed E-state index contributed by atoms with van der Waals surface area (Å²) in [6.45, 7) is -0.958. The highest BCUT2D eigenvalue weighted by Gasteiger charge is 2.32. The summed E-state index contributed by atoms with van der Waals surface area (Å²) in [6, 6.07) is 2.96. The molecule has 0 N–H and O–H groups in total. The summed E-state index contributed by atoms with van der Waals surface area (Å²) in [5.41, 5.74) is 1.19. The smallest absolute Gasteiger partial charge is 0.406 e. The SMILES string of the molecule is [O-]C1=NCCc2c1cc(-c1ccnc(I)n1)n2CC(F)(F)F. The Morgan fingerprint density at radius 3 is 2.82 bits per heavy atom. The average molecular weight is 421 g/mol. The number of aliphatic imine (C=N–C) groups is 1. The normalized spacial score (nSPS) is 14.6. The van der Waals surface area contributed by atoms with Crippen LogP contribution < -0.4 is 5.11 Å². The first-order valence-corrected chi connectivity index (χ1v) is 7.43. The number of alkyl halides is 3. The van der Waals surface area contributed by atoms with Gasteiger partial charge in [-0.2, -0.15) is 13.2 Å². The predicted octanol–water partition coefficient (Wildman–Crippen LogP) is 1.77. The summed E-state index contributed by atoms with van der Waals surface area (Å²) in [7, 11) is 0. The van der Waals surface area contributed by atoms with Gasteiger partial charge in [0.15, 0.2) is 3.83 Å². The minimum Gasteiger partial charge on any atom is -0.858 e. The van der Waals surface area contributed by atoms with E-state index in [1.807, 2.05) is 22.6 Å². The Kier molecular flexibility index (Phi) is 3.83. The van der Waals surface area contributed by atoms with Gasteiger partial charge in [0.2, 0.25) is 0 Å². The Hall–Kier alpha value is -1.65. The number of hydrogen-bond acceptors (Lipinski definition) is 4. The largest absolute Gasteiger partial charge is 0.858 e. The molecule has 0 aliphatic carbocycles. The van der Waals surface area contributed by atoms with Gasteiger partial charge in [0.1, 0.15) is 6.54 Å². The van der Waals surface area contributed by atoms with Crippen molar-refractivity contribution < 1.29 is 18.3 Å². The van der Waals surface area contributed by atoms with E-state index in [0.717, 1.165) is 4.57 Å². The lowest BCUT2D eigenvalue weighted by Crippen LogP contribution is -2.27. The van der Waals surface area contributed by atoms with Crippen LogP contribution in [0, 0.1) is 3.83 Å². The van der Waals surface area contributed by atoms with Gasteiger partial charge in [0, 0.05) is 53.0 Å². The lowest BCUT2D eigenvalue weighted by molar-refractivity contribution is -0.213. The van der Waals surface area contributed by atoms with E-state index in [4.69, 9.17) is 0 Å². The summed E-state index contributed by atoms with van der Waals surface area (Å²) >= 11 is 1.88. The van der Waals surface area contributed by atoms with Crippen molar-refractivity contribution in [1.29, 1.82) is 0 Å². The van der Waals surface area contributed by atoms with Crippen molar-refractivity contribution in [3.05, 3.63) is 33.4 Å². The Morgan fingerprint density at radius 2 is 2.14 bits per heavy atom. The molecule has 0 saturated heterocycles. The Morgan fingerprint density at radius 1 is 1.36 bits per heavy atom. The highest BCUT2D eigenvalue weighted by molar-refractivity contribution is 14.1. The molecule has 3 rings (SSSR count). The molecule has 2 aromatic rings. The van der Waals surface area contributed by atoms with E-state index >= 15 is 0 Å². The predicted molar refractivity (Wildman–Crippen MR) is 79.3 cm³/mol. The molecule has 0 atom stereocenters. The number of halogens is 4. The van der Waals surface area contributed by atoms with Gasteiger partial charge in [-0.15, -0.1) is 0 Å². The van der Waals surface area contributed by atoms with Crippen molar-refractivity contribution in [2.75, 3.05) is 6.54 Å². The van der Waals surface area contributed by atoms with E-state index in [9.17, 15) is 18.3 Å². The number of aromatic nitrogens is 3. The molecular weight excluding hydrogens is 412 g/mol. The molecule has 0 radical (unpaired) electrons. The Balaban J connectivity index is 2.19. The van der Waals surface area contributed by atoms with Gasteiger partial charge in [-0.1, -0.05) is 0 Å². The lowest BCUT2D eigenvalue weighted by Gasteiger charge is -2.20. The highest BCUT2D eigenvalue weighted by atomic mass is 127. The molecule has 1 aliphatic rings. The monoisotopic (exact) mass is 421 g/mol. The average Bonchev–Trinajstić information content (AvgIpc) is 2.77. The van der Waals surface area contributed by atoms with E-state index in [1.54, 1.807) is 0 Å². The van der Waals surface area contributed by atoms with Crippen LogP contribution in [0.25, 0.3) is 11.4 Å². The van der Waals surface area contributed by atoms with Gasteiger partial charge in [-0.3, -0.25) is 0 Å². The number of rotatable bonds is 2. The fraction of sp³-hybridized carbons (Fsp3) is 0.308. The molecule has 3 heterocycles. The summed E-state index contributed by atoms with van der Waals surface area (Å²) < 4.78 is 40.2. The van der Waals surface area contributed by atoms with Crippen LogP contribution in [0.4, 0.5) is 13.2 Å². The third kappa shape index (κ3) is 2.94. The fourth-order valence-electron chi connectivity index (χ4n) is 2.44. The van der Waals surface area contributed by atoms with E-state index in [2.05, 4.69) is 15.0 Å². The summed E-state index contributed by atoms with van der Waals surface area (Å²) in [4.78, 5) is 11.8. The number of hydrogen-bond donors (Lipinski definition) is 0. The molecule has 1 aliphatic heterocycles. The molecule has 116 valence electrons. The molecule has 9 heteroatoms. The van der Waals surface area contributed by atoms with Gasteiger partial charge in [0.25, 0.3) is 0 Å². The van der Waals surface area contributed by atoms with E-state index < -0.39 is 18.6 Å². The Bertz CT molecular complexity index is 754.